The lowest BCUT2D eigenvalue weighted by atomic mass is 10.2. The number of ether oxygens (including phenoxy) is 2. The lowest BCUT2D eigenvalue weighted by Gasteiger charge is -2.14. The molecule has 3 heteroatoms. The average Bonchev–Trinajstić information content (AvgIpc) is 2.22. The Labute approximate surface area is 97.8 Å². The van der Waals surface area contributed by atoms with Crippen LogP contribution in [0, 0.1) is 6.92 Å². The minimum absolute atomic E-state index is 0.214. The maximum absolute atomic E-state index is 5.67. The van der Waals surface area contributed by atoms with Crippen LogP contribution < -0.4 is 10.1 Å². The van der Waals surface area contributed by atoms with E-state index in [2.05, 4.69) is 18.3 Å². The van der Waals surface area contributed by atoms with Crippen LogP contribution in [0.4, 0.5) is 5.69 Å². The molecule has 1 aromatic carbocycles. The van der Waals surface area contributed by atoms with Crippen molar-refractivity contribution in [1.82, 2.24) is 0 Å². The number of methoxy groups -OCH3 is 1. The fourth-order valence-corrected chi connectivity index (χ4v) is 1.44. The van der Waals surface area contributed by atoms with Crippen molar-refractivity contribution in [2.45, 2.75) is 26.9 Å². The molecule has 16 heavy (non-hydrogen) atoms. The molecule has 0 saturated carbocycles. The van der Waals surface area contributed by atoms with Gasteiger partial charge in [0.1, 0.15) is 5.75 Å². The van der Waals surface area contributed by atoms with Crippen molar-refractivity contribution in [3.05, 3.63) is 23.8 Å². The normalized spacial score (nSPS) is 10.6. The molecule has 0 heterocycles. The van der Waals surface area contributed by atoms with Crippen LogP contribution >= 0.6 is 0 Å². The second-order valence-corrected chi connectivity index (χ2v) is 4.07. The van der Waals surface area contributed by atoms with Gasteiger partial charge < -0.3 is 14.8 Å². The summed E-state index contributed by atoms with van der Waals surface area (Å²) < 4.78 is 10.7. The van der Waals surface area contributed by atoms with E-state index in [-0.39, 0.29) is 6.10 Å². The Morgan fingerprint density at radius 2 is 2.06 bits per heavy atom. The van der Waals surface area contributed by atoms with Gasteiger partial charge in [-0.25, -0.2) is 0 Å². The Balaban J connectivity index is 2.60. The predicted molar refractivity (Wildman–Crippen MR) is 67.3 cm³/mol. The summed E-state index contributed by atoms with van der Waals surface area (Å²) in [6.07, 6.45) is 0.214. The molecule has 0 amide bonds. The van der Waals surface area contributed by atoms with E-state index in [9.17, 15) is 0 Å². The third kappa shape index (κ3) is 4.11. The molecule has 0 radical (unpaired) electrons. The van der Waals surface area contributed by atoms with E-state index in [4.69, 9.17) is 9.47 Å². The van der Waals surface area contributed by atoms with Crippen LogP contribution in [0.25, 0.3) is 0 Å². The summed E-state index contributed by atoms with van der Waals surface area (Å²) in [6.45, 7) is 7.65. The van der Waals surface area contributed by atoms with Crippen molar-refractivity contribution in [1.29, 1.82) is 0 Å². The van der Waals surface area contributed by atoms with Gasteiger partial charge in [-0.2, -0.15) is 0 Å². The molecule has 0 spiro atoms. The number of hydrogen-bond donors (Lipinski definition) is 1. The van der Waals surface area contributed by atoms with Crippen LogP contribution in [-0.2, 0) is 4.74 Å². The Hall–Kier alpha value is -1.22. The molecule has 1 aromatic rings. The number of anilines is 1. The summed E-state index contributed by atoms with van der Waals surface area (Å²) in [4.78, 5) is 0. The molecule has 90 valence electrons. The van der Waals surface area contributed by atoms with Gasteiger partial charge in [0.25, 0.3) is 0 Å². The SMILES string of the molecule is COCCNc1ccc(OC(C)C)c(C)c1. The Bertz CT molecular complexity index is 324. The quantitative estimate of drug-likeness (QED) is 0.752. The number of aryl methyl sites for hydroxylation is 1. The van der Waals surface area contributed by atoms with Gasteiger partial charge in [-0.15, -0.1) is 0 Å². The number of hydrogen-bond acceptors (Lipinski definition) is 3. The first-order valence-electron chi connectivity index (χ1n) is 5.63. The largest absolute Gasteiger partial charge is 0.491 e. The minimum Gasteiger partial charge on any atom is -0.491 e. The molecule has 3 nitrogen and oxygen atoms in total. The van der Waals surface area contributed by atoms with Gasteiger partial charge in [0.15, 0.2) is 0 Å². The zero-order valence-electron chi connectivity index (χ0n) is 10.5. The lowest BCUT2D eigenvalue weighted by molar-refractivity contribution is 0.211. The van der Waals surface area contributed by atoms with E-state index < -0.39 is 0 Å². The van der Waals surface area contributed by atoms with Crippen molar-refractivity contribution in [2.75, 3.05) is 25.6 Å². The maximum Gasteiger partial charge on any atom is 0.122 e. The maximum atomic E-state index is 5.67. The molecule has 1 N–H and O–H groups in total. The molecule has 0 aromatic heterocycles. The van der Waals surface area contributed by atoms with Crippen LogP contribution in [0.5, 0.6) is 5.75 Å². The lowest BCUT2D eigenvalue weighted by Crippen LogP contribution is -2.09. The van der Waals surface area contributed by atoms with E-state index in [1.54, 1.807) is 7.11 Å². The highest BCUT2D eigenvalue weighted by atomic mass is 16.5. The molecule has 0 fully saturated rings. The van der Waals surface area contributed by atoms with E-state index in [1.807, 2.05) is 26.0 Å². The summed E-state index contributed by atoms with van der Waals surface area (Å²) >= 11 is 0. The third-order valence-electron chi connectivity index (χ3n) is 2.17. The van der Waals surface area contributed by atoms with Crippen molar-refractivity contribution in [2.24, 2.45) is 0 Å². The molecule has 0 unspecified atom stereocenters. The predicted octanol–water partition coefficient (Wildman–Crippen LogP) is 2.84. The van der Waals surface area contributed by atoms with Gasteiger partial charge in [0.05, 0.1) is 12.7 Å². The third-order valence-corrected chi connectivity index (χ3v) is 2.17. The zero-order chi connectivity index (χ0) is 12.0. The first kappa shape index (κ1) is 12.8. The average molecular weight is 223 g/mol. The van der Waals surface area contributed by atoms with Crippen LogP contribution in [-0.4, -0.2) is 26.4 Å². The van der Waals surface area contributed by atoms with Crippen molar-refractivity contribution < 1.29 is 9.47 Å². The summed E-state index contributed by atoms with van der Waals surface area (Å²) in [5.41, 5.74) is 2.25. The highest BCUT2D eigenvalue weighted by Crippen LogP contribution is 2.22. The molecule has 0 aliphatic carbocycles. The first-order chi connectivity index (χ1) is 7.63. The Kier molecular flexibility index (Phi) is 5.12. The summed E-state index contributed by atoms with van der Waals surface area (Å²) in [5, 5.41) is 3.29. The van der Waals surface area contributed by atoms with Crippen LogP contribution in [0.3, 0.4) is 0 Å². The second-order valence-electron chi connectivity index (χ2n) is 4.07. The highest BCUT2D eigenvalue weighted by Gasteiger charge is 2.02. The van der Waals surface area contributed by atoms with E-state index in [0.717, 1.165) is 23.5 Å². The standard InChI is InChI=1S/C13H21NO2/c1-10(2)16-13-6-5-12(9-11(13)3)14-7-8-15-4/h5-6,9-10,14H,7-8H2,1-4H3. The molecule has 0 atom stereocenters. The van der Waals surface area contributed by atoms with E-state index in [0.29, 0.717) is 6.61 Å². The molecule has 1 rings (SSSR count). The van der Waals surface area contributed by atoms with Gasteiger partial charge in [-0.3, -0.25) is 0 Å². The fourth-order valence-electron chi connectivity index (χ4n) is 1.44. The van der Waals surface area contributed by atoms with Crippen LogP contribution in [0.15, 0.2) is 18.2 Å². The summed E-state index contributed by atoms with van der Waals surface area (Å²) in [5.74, 6) is 0.951. The van der Waals surface area contributed by atoms with Gasteiger partial charge in [0.2, 0.25) is 0 Å². The second kappa shape index (κ2) is 6.38. The van der Waals surface area contributed by atoms with Crippen LogP contribution in [0.2, 0.25) is 0 Å². The highest BCUT2D eigenvalue weighted by molar-refractivity contribution is 5.50. The Morgan fingerprint density at radius 3 is 2.62 bits per heavy atom. The number of benzene rings is 1. The van der Waals surface area contributed by atoms with Gasteiger partial charge in [-0.05, 0) is 44.5 Å². The van der Waals surface area contributed by atoms with Crippen LogP contribution in [0.1, 0.15) is 19.4 Å². The first-order valence-corrected chi connectivity index (χ1v) is 5.63. The molecule has 0 saturated heterocycles. The Morgan fingerprint density at radius 1 is 1.31 bits per heavy atom. The molecule has 0 aliphatic heterocycles. The fraction of sp³-hybridized carbons (Fsp3) is 0.538. The molecular formula is C13H21NO2. The van der Waals surface area contributed by atoms with Gasteiger partial charge in [0, 0.05) is 19.3 Å². The van der Waals surface area contributed by atoms with Gasteiger partial charge >= 0.3 is 0 Å². The minimum atomic E-state index is 0.214. The number of nitrogens with one attached hydrogen (secondary N) is 1. The molecule has 0 bridgehead atoms. The van der Waals surface area contributed by atoms with Crippen molar-refractivity contribution >= 4 is 5.69 Å². The zero-order valence-corrected chi connectivity index (χ0v) is 10.5. The van der Waals surface area contributed by atoms with E-state index >= 15 is 0 Å². The topological polar surface area (TPSA) is 30.5 Å². The van der Waals surface area contributed by atoms with Crippen molar-refractivity contribution in [3.8, 4) is 5.75 Å². The van der Waals surface area contributed by atoms with Crippen molar-refractivity contribution in [3.63, 3.8) is 0 Å². The number of rotatable bonds is 6. The van der Waals surface area contributed by atoms with E-state index in [1.165, 1.54) is 0 Å². The molecular weight excluding hydrogens is 202 g/mol. The smallest absolute Gasteiger partial charge is 0.122 e. The molecule has 0 aliphatic rings. The monoisotopic (exact) mass is 223 g/mol. The summed E-state index contributed by atoms with van der Waals surface area (Å²) in [7, 11) is 1.70. The summed E-state index contributed by atoms with van der Waals surface area (Å²) in [6, 6.07) is 6.12. The van der Waals surface area contributed by atoms with Gasteiger partial charge in [-0.1, -0.05) is 0 Å².